The predicted octanol–water partition coefficient (Wildman–Crippen LogP) is 2.88. The van der Waals surface area contributed by atoms with E-state index in [2.05, 4.69) is 9.80 Å². The molecule has 1 saturated heterocycles. The molecule has 0 radical (unpaired) electrons. The summed E-state index contributed by atoms with van der Waals surface area (Å²) < 4.78 is 1.97. The lowest BCUT2D eigenvalue weighted by Crippen LogP contribution is -2.36. The van der Waals surface area contributed by atoms with Gasteiger partial charge in [0.2, 0.25) is 0 Å². The number of rotatable bonds is 5. The van der Waals surface area contributed by atoms with E-state index in [0.29, 0.717) is 6.54 Å². The Morgan fingerprint density at radius 2 is 1.81 bits per heavy atom. The molecule has 0 spiro atoms. The highest BCUT2D eigenvalue weighted by molar-refractivity contribution is 7.18. The maximum Gasteiger partial charge on any atom is 0.262 e. The molecule has 2 aromatic rings. The number of nitrogens with zero attached hydrogens (tertiary/aromatic N) is 4. The summed E-state index contributed by atoms with van der Waals surface area (Å²) in [5.41, 5.74) is 1.50. The van der Waals surface area contributed by atoms with Crippen LogP contribution in [0.4, 0.5) is 0 Å². The second kappa shape index (κ2) is 7.79. The standard InChI is InChI=1S/C20H30N4OS/c1-22(2)14-17-21-19-18(15-8-4-5-9-16(15)26-19)20(25)24(17)13-12-23-10-6-3-7-11-23/h3-14H2,1-2H3. The lowest BCUT2D eigenvalue weighted by atomic mass is 9.97. The third-order valence-corrected chi connectivity index (χ3v) is 6.89. The summed E-state index contributed by atoms with van der Waals surface area (Å²) in [5.74, 6) is 0.920. The van der Waals surface area contributed by atoms with Crippen LogP contribution in [0.25, 0.3) is 10.2 Å². The van der Waals surface area contributed by atoms with E-state index in [-0.39, 0.29) is 5.56 Å². The van der Waals surface area contributed by atoms with E-state index in [4.69, 9.17) is 4.98 Å². The van der Waals surface area contributed by atoms with Gasteiger partial charge in [-0.15, -0.1) is 11.3 Å². The van der Waals surface area contributed by atoms with E-state index < -0.39 is 0 Å². The first-order valence-electron chi connectivity index (χ1n) is 10.0. The summed E-state index contributed by atoms with van der Waals surface area (Å²) in [5, 5.41) is 0.922. The van der Waals surface area contributed by atoms with Crippen molar-refractivity contribution in [2.24, 2.45) is 0 Å². The van der Waals surface area contributed by atoms with Crippen molar-refractivity contribution in [1.82, 2.24) is 19.4 Å². The minimum Gasteiger partial charge on any atom is -0.302 e. The molecule has 0 amide bonds. The average molecular weight is 375 g/mol. The topological polar surface area (TPSA) is 41.4 Å². The van der Waals surface area contributed by atoms with Crippen LogP contribution < -0.4 is 5.56 Å². The Labute approximate surface area is 159 Å². The summed E-state index contributed by atoms with van der Waals surface area (Å²) in [6.45, 7) is 4.77. The maximum absolute atomic E-state index is 13.4. The minimum atomic E-state index is 0.197. The lowest BCUT2D eigenvalue weighted by Gasteiger charge is -2.27. The first-order valence-corrected chi connectivity index (χ1v) is 10.9. The molecule has 142 valence electrons. The van der Waals surface area contributed by atoms with Crippen LogP contribution in [0.3, 0.4) is 0 Å². The molecule has 1 aliphatic carbocycles. The van der Waals surface area contributed by atoms with E-state index >= 15 is 0 Å². The zero-order valence-corrected chi connectivity index (χ0v) is 16.9. The van der Waals surface area contributed by atoms with E-state index in [1.807, 2.05) is 18.7 Å². The molecule has 0 atom stereocenters. The van der Waals surface area contributed by atoms with E-state index in [1.54, 1.807) is 11.3 Å². The summed E-state index contributed by atoms with van der Waals surface area (Å²) in [4.78, 5) is 25.4. The van der Waals surface area contributed by atoms with Gasteiger partial charge in [-0.25, -0.2) is 4.98 Å². The largest absolute Gasteiger partial charge is 0.302 e. The molecule has 4 rings (SSSR count). The van der Waals surface area contributed by atoms with E-state index in [1.165, 1.54) is 55.6 Å². The SMILES string of the molecule is CN(C)Cc1nc2sc3c(c2c(=O)n1CCN1CCCCC1)CCCC3. The van der Waals surface area contributed by atoms with Crippen molar-refractivity contribution in [2.75, 3.05) is 33.7 Å². The van der Waals surface area contributed by atoms with Crippen LogP contribution in [0.15, 0.2) is 4.79 Å². The van der Waals surface area contributed by atoms with Gasteiger partial charge in [-0.05, 0) is 71.3 Å². The summed E-state index contributed by atoms with van der Waals surface area (Å²) in [7, 11) is 4.09. The Morgan fingerprint density at radius 3 is 2.58 bits per heavy atom. The van der Waals surface area contributed by atoms with Crippen molar-refractivity contribution in [3.8, 4) is 0 Å². The normalized spacial score (nSPS) is 18.6. The van der Waals surface area contributed by atoms with Crippen molar-refractivity contribution < 1.29 is 0 Å². The quantitative estimate of drug-likeness (QED) is 0.807. The van der Waals surface area contributed by atoms with E-state index in [9.17, 15) is 4.79 Å². The summed E-state index contributed by atoms with van der Waals surface area (Å²) in [6, 6.07) is 0. The summed E-state index contributed by atoms with van der Waals surface area (Å²) in [6.07, 6.45) is 8.53. The fraction of sp³-hybridized carbons (Fsp3) is 0.700. The third kappa shape index (κ3) is 3.59. The number of aromatic nitrogens is 2. The van der Waals surface area contributed by atoms with Crippen LogP contribution in [0.1, 0.15) is 48.4 Å². The maximum atomic E-state index is 13.4. The minimum absolute atomic E-state index is 0.197. The smallest absolute Gasteiger partial charge is 0.262 e. The molecule has 3 heterocycles. The van der Waals surface area contributed by atoms with Crippen LogP contribution in [0, 0.1) is 0 Å². The van der Waals surface area contributed by atoms with Crippen molar-refractivity contribution in [2.45, 2.75) is 58.0 Å². The van der Waals surface area contributed by atoms with Gasteiger partial charge in [0.15, 0.2) is 0 Å². The fourth-order valence-corrected chi connectivity index (χ4v) is 5.61. The van der Waals surface area contributed by atoms with E-state index in [0.717, 1.165) is 42.0 Å². The zero-order chi connectivity index (χ0) is 18.1. The molecule has 0 bridgehead atoms. The Bertz CT molecular complexity index is 832. The van der Waals surface area contributed by atoms with Gasteiger partial charge in [-0.3, -0.25) is 9.36 Å². The molecule has 0 aromatic carbocycles. The van der Waals surface area contributed by atoms with Crippen molar-refractivity contribution >= 4 is 21.6 Å². The predicted molar refractivity (Wildman–Crippen MR) is 108 cm³/mol. The number of fused-ring (bicyclic) bond motifs is 3. The van der Waals surface area contributed by atoms with Crippen LogP contribution >= 0.6 is 11.3 Å². The first kappa shape index (κ1) is 18.1. The molecule has 1 aliphatic heterocycles. The Balaban J connectivity index is 1.72. The van der Waals surface area contributed by atoms with Gasteiger partial charge in [0.05, 0.1) is 11.9 Å². The van der Waals surface area contributed by atoms with Gasteiger partial charge in [-0.2, -0.15) is 0 Å². The highest BCUT2D eigenvalue weighted by atomic mass is 32.1. The number of thiophene rings is 1. The number of likely N-dealkylation sites (tertiary alicyclic amines) is 1. The molecule has 5 nitrogen and oxygen atoms in total. The van der Waals surface area contributed by atoms with Crippen LogP contribution in [-0.4, -0.2) is 53.1 Å². The van der Waals surface area contributed by atoms with Gasteiger partial charge in [-0.1, -0.05) is 6.42 Å². The molecule has 0 saturated carbocycles. The van der Waals surface area contributed by atoms with Gasteiger partial charge < -0.3 is 9.80 Å². The Kier molecular flexibility index (Phi) is 5.43. The van der Waals surface area contributed by atoms with Crippen LogP contribution in [0.2, 0.25) is 0 Å². The van der Waals surface area contributed by atoms with Crippen molar-refractivity contribution in [3.63, 3.8) is 0 Å². The lowest BCUT2D eigenvalue weighted by molar-refractivity contribution is 0.218. The van der Waals surface area contributed by atoms with Crippen LogP contribution in [0.5, 0.6) is 0 Å². The Morgan fingerprint density at radius 1 is 1.04 bits per heavy atom. The Hall–Kier alpha value is -1.24. The molecule has 26 heavy (non-hydrogen) atoms. The number of hydrogen-bond donors (Lipinski definition) is 0. The van der Waals surface area contributed by atoms with Gasteiger partial charge in [0, 0.05) is 18.0 Å². The van der Waals surface area contributed by atoms with Gasteiger partial charge >= 0.3 is 0 Å². The highest BCUT2D eigenvalue weighted by Gasteiger charge is 2.22. The van der Waals surface area contributed by atoms with Crippen molar-refractivity contribution in [3.05, 3.63) is 26.6 Å². The second-order valence-electron chi connectivity index (χ2n) is 8.02. The third-order valence-electron chi connectivity index (χ3n) is 5.70. The molecule has 2 aromatic heterocycles. The summed E-state index contributed by atoms with van der Waals surface area (Å²) >= 11 is 1.76. The van der Waals surface area contributed by atoms with Crippen molar-refractivity contribution in [1.29, 1.82) is 0 Å². The first-order chi connectivity index (χ1) is 12.6. The molecule has 0 unspecified atom stereocenters. The number of piperidine rings is 1. The monoisotopic (exact) mass is 374 g/mol. The highest BCUT2D eigenvalue weighted by Crippen LogP contribution is 2.33. The van der Waals surface area contributed by atoms with Crippen LogP contribution in [-0.2, 0) is 25.9 Å². The zero-order valence-electron chi connectivity index (χ0n) is 16.1. The van der Waals surface area contributed by atoms with Gasteiger partial charge in [0.1, 0.15) is 10.7 Å². The average Bonchev–Trinajstić information content (AvgIpc) is 3.00. The van der Waals surface area contributed by atoms with Gasteiger partial charge in [0.25, 0.3) is 5.56 Å². The molecular formula is C20H30N4OS. The molecule has 6 heteroatoms. The second-order valence-corrected chi connectivity index (χ2v) is 9.10. The number of aryl methyl sites for hydroxylation is 2. The fourth-order valence-electron chi connectivity index (χ4n) is 4.34. The number of hydrogen-bond acceptors (Lipinski definition) is 5. The molecule has 0 N–H and O–H groups in total. The molecule has 2 aliphatic rings. The molecular weight excluding hydrogens is 344 g/mol. The molecule has 1 fully saturated rings.